The zero-order valence-corrected chi connectivity index (χ0v) is 13.9. The maximum Gasteiger partial charge on any atom is 0.227 e. The summed E-state index contributed by atoms with van der Waals surface area (Å²) in [5, 5.41) is 4.22. The van der Waals surface area contributed by atoms with E-state index in [9.17, 15) is 4.79 Å². The number of carbonyl (C=O) groups excluding carboxylic acids is 1. The summed E-state index contributed by atoms with van der Waals surface area (Å²) in [6.07, 6.45) is 4.91. The Morgan fingerprint density at radius 1 is 1.38 bits per heavy atom. The summed E-state index contributed by atoms with van der Waals surface area (Å²) in [6, 6.07) is 9.53. The van der Waals surface area contributed by atoms with Crippen molar-refractivity contribution in [3.05, 3.63) is 48.3 Å². The van der Waals surface area contributed by atoms with Gasteiger partial charge in [0.25, 0.3) is 0 Å². The molecule has 1 atom stereocenters. The Labute approximate surface area is 142 Å². The highest BCUT2D eigenvalue weighted by Crippen LogP contribution is 2.14. The number of hydrogen-bond donors (Lipinski definition) is 0. The third-order valence-corrected chi connectivity index (χ3v) is 4.17. The maximum absolute atomic E-state index is 12.6. The average Bonchev–Trinajstić information content (AvgIpc) is 2.99. The summed E-state index contributed by atoms with van der Waals surface area (Å²) in [6.45, 7) is 2.69. The number of rotatable bonds is 5. The molecule has 2 heterocycles. The largest absolute Gasteiger partial charge is 0.497 e. The van der Waals surface area contributed by atoms with Gasteiger partial charge in [0.1, 0.15) is 5.75 Å². The van der Waals surface area contributed by atoms with Gasteiger partial charge in [0.2, 0.25) is 5.91 Å². The summed E-state index contributed by atoms with van der Waals surface area (Å²) < 4.78 is 12.9. The zero-order valence-electron chi connectivity index (χ0n) is 13.9. The van der Waals surface area contributed by atoms with Gasteiger partial charge < -0.3 is 14.4 Å². The third kappa shape index (κ3) is 4.35. The molecule has 6 heteroatoms. The number of aromatic nitrogens is 2. The van der Waals surface area contributed by atoms with Gasteiger partial charge >= 0.3 is 0 Å². The number of benzene rings is 1. The highest BCUT2D eigenvalue weighted by atomic mass is 16.5. The van der Waals surface area contributed by atoms with Gasteiger partial charge in [0.15, 0.2) is 0 Å². The molecule has 0 saturated carbocycles. The van der Waals surface area contributed by atoms with Crippen LogP contribution in [0.1, 0.15) is 12.0 Å². The molecule has 1 aliphatic heterocycles. The lowest BCUT2D eigenvalue weighted by molar-refractivity contribution is -0.131. The molecule has 1 amide bonds. The fourth-order valence-electron chi connectivity index (χ4n) is 2.88. The first-order valence-electron chi connectivity index (χ1n) is 8.24. The van der Waals surface area contributed by atoms with Crippen molar-refractivity contribution in [3.63, 3.8) is 0 Å². The van der Waals surface area contributed by atoms with E-state index in [2.05, 4.69) is 5.10 Å². The first-order valence-corrected chi connectivity index (χ1v) is 8.24. The van der Waals surface area contributed by atoms with Crippen molar-refractivity contribution in [2.75, 3.05) is 26.8 Å². The monoisotopic (exact) mass is 329 g/mol. The Kier molecular flexibility index (Phi) is 5.48. The summed E-state index contributed by atoms with van der Waals surface area (Å²) in [4.78, 5) is 14.5. The van der Waals surface area contributed by atoms with Crippen LogP contribution in [0, 0.1) is 0 Å². The van der Waals surface area contributed by atoms with Crippen LogP contribution in [-0.2, 0) is 22.5 Å². The van der Waals surface area contributed by atoms with Crippen LogP contribution in [0.5, 0.6) is 5.75 Å². The van der Waals surface area contributed by atoms with Crippen molar-refractivity contribution in [1.82, 2.24) is 14.7 Å². The van der Waals surface area contributed by atoms with Gasteiger partial charge in [0.05, 0.1) is 26.2 Å². The Bertz CT molecular complexity index is 640. The molecule has 3 rings (SSSR count). The number of amides is 1. The number of hydrogen-bond acceptors (Lipinski definition) is 4. The summed E-state index contributed by atoms with van der Waals surface area (Å²) in [7, 11) is 1.64. The van der Waals surface area contributed by atoms with Crippen LogP contribution in [0.15, 0.2) is 42.7 Å². The lowest BCUT2D eigenvalue weighted by atomic mass is 10.1. The second-order valence-corrected chi connectivity index (χ2v) is 5.94. The SMILES string of the molecule is COc1ccc(CC(=O)N2CCCO[C@@H](Cn3cccn3)C2)cc1. The van der Waals surface area contributed by atoms with Gasteiger partial charge in [-0.2, -0.15) is 5.10 Å². The molecule has 0 aliphatic carbocycles. The number of methoxy groups -OCH3 is 1. The van der Waals surface area contributed by atoms with Crippen molar-refractivity contribution in [2.24, 2.45) is 0 Å². The van der Waals surface area contributed by atoms with E-state index in [0.717, 1.165) is 24.3 Å². The van der Waals surface area contributed by atoms with Crippen molar-refractivity contribution in [3.8, 4) is 5.75 Å². The first kappa shape index (κ1) is 16.5. The minimum atomic E-state index is -0.0211. The lowest BCUT2D eigenvalue weighted by Crippen LogP contribution is -2.39. The second-order valence-electron chi connectivity index (χ2n) is 5.94. The Hall–Kier alpha value is -2.34. The Morgan fingerprint density at radius 3 is 2.92 bits per heavy atom. The van der Waals surface area contributed by atoms with Crippen LogP contribution >= 0.6 is 0 Å². The molecule has 0 unspecified atom stereocenters. The Balaban J connectivity index is 1.59. The number of carbonyl (C=O) groups is 1. The molecular formula is C18H23N3O3. The van der Waals surface area contributed by atoms with Crippen molar-refractivity contribution in [2.45, 2.75) is 25.5 Å². The molecule has 128 valence electrons. The molecule has 6 nitrogen and oxygen atoms in total. The number of ether oxygens (including phenoxy) is 2. The van der Waals surface area contributed by atoms with E-state index >= 15 is 0 Å². The first-order chi connectivity index (χ1) is 11.7. The van der Waals surface area contributed by atoms with Gasteiger partial charge in [-0.1, -0.05) is 12.1 Å². The van der Waals surface area contributed by atoms with Gasteiger partial charge in [-0.25, -0.2) is 0 Å². The molecule has 1 saturated heterocycles. The smallest absolute Gasteiger partial charge is 0.227 e. The van der Waals surface area contributed by atoms with E-state index in [1.807, 2.05) is 46.1 Å². The molecular weight excluding hydrogens is 306 g/mol. The topological polar surface area (TPSA) is 56.6 Å². The van der Waals surface area contributed by atoms with Crippen LogP contribution in [0.25, 0.3) is 0 Å². The quantitative estimate of drug-likeness (QED) is 0.839. The highest BCUT2D eigenvalue weighted by Gasteiger charge is 2.23. The predicted octanol–water partition coefficient (Wildman–Crippen LogP) is 1.75. The molecule has 1 fully saturated rings. The van der Waals surface area contributed by atoms with E-state index < -0.39 is 0 Å². The van der Waals surface area contributed by atoms with Crippen LogP contribution in [0.4, 0.5) is 0 Å². The summed E-state index contributed by atoms with van der Waals surface area (Å²) in [5.74, 6) is 0.935. The normalized spacial score (nSPS) is 18.2. The fraction of sp³-hybridized carbons (Fsp3) is 0.444. The van der Waals surface area contributed by atoms with E-state index in [4.69, 9.17) is 9.47 Å². The average molecular weight is 329 g/mol. The lowest BCUT2D eigenvalue weighted by Gasteiger charge is -2.24. The number of nitrogens with zero attached hydrogens (tertiary/aromatic N) is 3. The molecule has 1 aliphatic rings. The van der Waals surface area contributed by atoms with E-state index in [0.29, 0.717) is 26.1 Å². The Morgan fingerprint density at radius 2 is 2.21 bits per heavy atom. The van der Waals surface area contributed by atoms with Crippen LogP contribution in [0.3, 0.4) is 0 Å². The minimum absolute atomic E-state index is 0.0211. The van der Waals surface area contributed by atoms with Crippen LogP contribution in [-0.4, -0.2) is 53.5 Å². The molecule has 0 radical (unpaired) electrons. The van der Waals surface area contributed by atoms with Gasteiger partial charge in [-0.3, -0.25) is 9.48 Å². The second kappa shape index (κ2) is 7.97. The van der Waals surface area contributed by atoms with E-state index in [-0.39, 0.29) is 12.0 Å². The van der Waals surface area contributed by atoms with E-state index in [1.54, 1.807) is 13.3 Å². The molecule has 2 aromatic rings. The van der Waals surface area contributed by atoms with Crippen molar-refractivity contribution < 1.29 is 14.3 Å². The molecule has 1 aromatic carbocycles. The van der Waals surface area contributed by atoms with Crippen LogP contribution < -0.4 is 4.74 Å². The molecule has 24 heavy (non-hydrogen) atoms. The third-order valence-electron chi connectivity index (χ3n) is 4.17. The summed E-state index contributed by atoms with van der Waals surface area (Å²) >= 11 is 0. The molecule has 0 N–H and O–H groups in total. The maximum atomic E-state index is 12.6. The summed E-state index contributed by atoms with van der Waals surface area (Å²) in [5.41, 5.74) is 0.995. The van der Waals surface area contributed by atoms with E-state index in [1.165, 1.54) is 0 Å². The standard InChI is InChI=1S/C18H23N3O3/c1-23-16-6-4-15(5-7-16)12-18(22)20-9-3-11-24-17(13-20)14-21-10-2-8-19-21/h2,4-8,10,17H,3,9,11-14H2,1H3/t17-/m1/s1. The molecule has 0 bridgehead atoms. The molecule has 1 aromatic heterocycles. The van der Waals surface area contributed by atoms with Crippen molar-refractivity contribution >= 4 is 5.91 Å². The highest BCUT2D eigenvalue weighted by molar-refractivity contribution is 5.78. The minimum Gasteiger partial charge on any atom is -0.497 e. The fourth-order valence-corrected chi connectivity index (χ4v) is 2.88. The molecule has 0 spiro atoms. The van der Waals surface area contributed by atoms with Crippen molar-refractivity contribution in [1.29, 1.82) is 0 Å². The predicted molar refractivity (Wildman–Crippen MR) is 89.9 cm³/mol. The van der Waals surface area contributed by atoms with Gasteiger partial charge in [0, 0.05) is 32.1 Å². The van der Waals surface area contributed by atoms with Crippen LogP contribution in [0.2, 0.25) is 0 Å². The van der Waals surface area contributed by atoms with Gasteiger partial charge in [-0.05, 0) is 30.2 Å². The van der Waals surface area contributed by atoms with Gasteiger partial charge in [-0.15, -0.1) is 0 Å². The zero-order chi connectivity index (χ0) is 16.8.